The lowest BCUT2D eigenvalue weighted by Gasteiger charge is -2.18. The fraction of sp³-hybridized carbons (Fsp3) is 0.182. The van der Waals surface area contributed by atoms with E-state index in [0.717, 1.165) is 26.7 Å². The molecule has 0 unspecified atom stereocenters. The lowest BCUT2D eigenvalue weighted by atomic mass is 10.1. The average Bonchev–Trinajstić information content (AvgIpc) is 3.05. The van der Waals surface area contributed by atoms with Crippen molar-refractivity contribution >= 4 is 50.9 Å². The molecule has 9 heteroatoms. The topological polar surface area (TPSA) is 96.7 Å². The Labute approximate surface area is 191 Å². The number of halogens is 1. The summed E-state index contributed by atoms with van der Waals surface area (Å²) in [6.07, 6.45) is 1.55. The molecule has 0 aliphatic carbocycles. The highest BCUT2D eigenvalue weighted by Gasteiger charge is 2.41. The molecule has 1 heterocycles. The van der Waals surface area contributed by atoms with Crippen LogP contribution in [0, 0.1) is 11.3 Å². The maximum Gasteiger partial charge on any atom is 0.328 e. The van der Waals surface area contributed by atoms with Crippen LogP contribution in [0.5, 0.6) is 5.75 Å². The van der Waals surface area contributed by atoms with Gasteiger partial charge < -0.3 is 9.47 Å². The minimum absolute atomic E-state index is 0.160. The number of thioether (sulfide) groups is 1. The third kappa shape index (κ3) is 4.98. The Hall–Kier alpha value is -3.09. The Bertz CT molecular complexity index is 1130. The van der Waals surface area contributed by atoms with Gasteiger partial charge in [-0.15, -0.1) is 0 Å². The Kier molecular flexibility index (Phi) is 7.15. The number of carbonyl (C=O) groups is 3. The zero-order valence-electron chi connectivity index (χ0n) is 16.6. The van der Waals surface area contributed by atoms with E-state index in [-0.39, 0.29) is 11.5 Å². The van der Waals surface area contributed by atoms with Gasteiger partial charge >= 0.3 is 5.97 Å². The second-order valence-electron chi connectivity index (χ2n) is 6.49. The molecule has 1 aliphatic heterocycles. The van der Waals surface area contributed by atoms with Crippen LogP contribution in [0.15, 0.2) is 51.8 Å². The summed E-state index contributed by atoms with van der Waals surface area (Å²) < 4.78 is 11.3. The van der Waals surface area contributed by atoms with Crippen LogP contribution in [0.25, 0.3) is 6.08 Å². The third-order valence-electron chi connectivity index (χ3n) is 4.53. The molecule has 0 bridgehead atoms. The number of amides is 2. The molecule has 1 fully saturated rings. The van der Waals surface area contributed by atoms with Gasteiger partial charge in [-0.1, -0.05) is 34.1 Å². The van der Waals surface area contributed by atoms with Crippen LogP contribution in [0.2, 0.25) is 0 Å². The van der Waals surface area contributed by atoms with Gasteiger partial charge in [-0.25, -0.2) is 4.79 Å². The summed E-state index contributed by atoms with van der Waals surface area (Å²) in [5.74, 6) is -0.774. The molecule has 0 saturated carbocycles. The predicted molar refractivity (Wildman–Crippen MR) is 119 cm³/mol. The Morgan fingerprint density at radius 3 is 2.74 bits per heavy atom. The highest BCUT2D eigenvalue weighted by molar-refractivity contribution is 9.10. The van der Waals surface area contributed by atoms with Crippen LogP contribution in [0.4, 0.5) is 4.79 Å². The number of hydrogen-bond acceptors (Lipinski definition) is 7. The second-order valence-corrected chi connectivity index (χ2v) is 8.40. The molecule has 1 saturated heterocycles. The average molecular weight is 501 g/mol. The lowest BCUT2D eigenvalue weighted by Crippen LogP contribution is -2.42. The van der Waals surface area contributed by atoms with Crippen LogP contribution in [-0.4, -0.2) is 35.2 Å². The van der Waals surface area contributed by atoms with Crippen molar-refractivity contribution in [3.05, 3.63) is 68.5 Å². The van der Waals surface area contributed by atoms with Crippen molar-refractivity contribution in [3.63, 3.8) is 0 Å². The van der Waals surface area contributed by atoms with Gasteiger partial charge in [0.2, 0.25) is 0 Å². The van der Waals surface area contributed by atoms with Crippen LogP contribution in [0.1, 0.15) is 23.6 Å². The van der Waals surface area contributed by atoms with Crippen LogP contribution >= 0.6 is 27.7 Å². The summed E-state index contributed by atoms with van der Waals surface area (Å²) in [4.78, 5) is 37.9. The van der Waals surface area contributed by atoms with E-state index < -0.39 is 23.2 Å². The Balaban J connectivity index is 1.88. The summed E-state index contributed by atoms with van der Waals surface area (Å²) in [5.41, 5.74) is 1.81. The van der Waals surface area contributed by atoms with Crippen molar-refractivity contribution in [2.45, 2.75) is 19.6 Å². The van der Waals surface area contributed by atoms with Gasteiger partial charge in [0.05, 0.1) is 23.6 Å². The number of nitrogens with zero attached hydrogens (tertiary/aromatic N) is 2. The molecular formula is C22H17BrN2O5S. The van der Waals surface area contributed by atoms with E-state index in [9.17, 15) is 19.6 Å². The zero-order valence-corrected chi connectivity index (χ0v) is 19.0. The summed E-state index contributed by atoms with van der Waals surface area (Å²) >= 11 is 4.14. The second kappa shape index (κ2) is 9.81. The number of methoxy groups -OCH3 is 1. The maximum atomic E-state index is 12.8. The van der Waals surface area contributed by atoms with E-state index in [4.69, 9.17) is 4.74 Å². The van der Waals surface area contributed by atoms with Gasteiger partial charge in [-0.3, -0.25) is 14.5 Å². The number of benzene rings is 2. The number of ether oxygens (including phenoxy) is 2. The van der Waals surface area contributed by atoms with E-state index in [1.54, 1.807) is 42.5 Å². The predicted octanol–water partition coefficient (Wildman–Crippen LogP) is 4.50. The van der Waals surface area contributed by atoms with Crippen LogP contribution < -0.4 is 4.74 Å². The maximum absolute atomic E-state index is 12.8. The highest BCUT2D eigenvalue weighted by atomic mass is 79.9. The molecular weight excluding hydrogens is 484 g/mol. The summed E-state index contributed by atoms with van der Waals surface area (Å²) in [7, 11) is 1.20. The molecule has 7 nitrogen and oxygen atoms in total. The third-order valence-corrected chi connectivity index (χ3v) is 5.91. The molecule has 2 aromatic rings. The molecule has 0 radical (unpaired) electrons. The van der Waals surface area contributed by atoms with Gasteiger partial charge in [-0.05, 0) is 49.0 Å². The first-order valence-electron chi connectivity index (χ1n) is 9.11. The molecule has 1 aliphatic rings. The van der Waals surface area contributed by atoms with Crippen molar-refractivity contribution in [2.75, 3.05) is 7.11 Å². The number of imide groups is 1. The highest BCUT2D eigenvalue weighted by Crippen LogP contribution is 2.36. The molecule has 3 rings (SSSR count). The van der Waals surface area contributed by atoms with E-state index in [0.29, 0.717) is 16.9 Å². The fourth-order valence-electron chi connectivity index (χ4n) is 2.91. The Morgan fingerprint density at radius 2 is 2.03 bits per heavy atom. The van der Waals surface area contributed by atoms with Crippen molar-refractivity contribution in [1.82, 2.24) is 4.90 Å². The number of carbonyl (C=O) groups excluding carboxylic acids is 3. The molecule has 0 spiro atoms. The van der Waals surface area contributed by atoms with Gasteiger partial charge in [-0.2, -0.15) is 5.26 Å². The molecule has 0 N–H and O–H groups in total. The molecule has 1 atom stereocenters. The minimum atomic E-state index is -1.02. The monoisotopic (exact) mass is 500 g/mol. The van der Waals surface area contributed by atoms with Gasteiger partial charge in [0.15, 0.2) is 0 Å². The van der Waals surface area contributed by atoms with Crippen molar-refractivity contribution in [3.8, 4) is 11.8 Å². The first-order valence-corrected chi connectivity index (χ1v) is 10.7. The van der Waals surface area contributed by atoms with Gasteiger partial charge in [0.1, 0.15) is 18.4 Å². The van der Waals surface area contributed by atoms with Crippen LogP contribution in [-0.2, 0) is 20.9 Å². The smallest absolute Gasteiger partial charge is 0.328 e. The summed E-state index contributed by atoms with van der Waals surface area (Å²) in [5, 5.41) is 8.70. The first kappa shape index (κ1) is 22.6. The SMILES string of the molecule is COC(=O)[C@H](C)N1C(=O)S/C(=C/c2cc(Br)ccc2OCc2ccccc2C#N)C1=O. The van der Waals surface area contributed by atoms with E-state index in [2.05, 4.69) is 26.7 Å². The minimum Gasteiger partial charge on any atom is -0.488 e. The van der Waals surface area contributed by atoms with Gasteiger partial charge in [0.25, 0.3) is 11.1 Å². The first-order chi connectivity index (χ1) is 14.8. The largest absolute Gasteiger partial charge is 0.488 e. The molecule has 158 valence electrons. The Morgan fingerprint density at radius 1 is 1.29 bits per heavy atom. The zero-order chi connectivity index (χ0) is 22.5. The van der Waals surface area contributed by atoms with Crippen molar-refractivity contribution in [2.24, 2.45) is 0 Å². The van der Waals surface area contributed by atoms with Crippen molar-refractivity contribution < 1.29 is 23.9 Å². The standard InChI is InChI=1S/C22H17BrN2O5S/c1-13(21(27)29-2)25-20(26)19(31-22(25)28)10-16-9-17(23)7-8-18(16)30-12-15-6-4-3-5-14(15)11-24/h3-10,13H,12H2,1-2H3/b19-10+/t13-/m0/s1. The molecule has 31 heavy (non-hydrogen) atoms. The quantitative estimate of drug-likeness (QED) is 0.425. The van der Waals surface area contributed by atoms with Crippen molar-refractivity contribution in [1.29, 1.82) is 5.26 Å². The fourth-order valence-corrected chi connectivity index (χ4v) is 4.18. The number of rotatable bonds is 6. The van der Waals surface area contributed by atoms with E-state index >= 15 is 0 Å². The normalized spacial score (nSPS) is 15.7. The lowest BCUT2D eigenvalue weighted by molar-refractivity contribution is -0.148. The molecule has 2 aromatic carbocycles. The summed E-state index contributed by atoms with van der Waals surface area (Å²) in [6, 6.07) is 13.5. The van der Waals surface area contributed by atoms with Gasteiger partial charge in [0, 0.05) is 15.6 Å². The van der Waals surface area contributed by atoms with E-state index in [1.807, 2.05) is 6.07 Å². The summed E-state index contributed by atoms with van der Waals surface area (Å²) in [6.45, 7) is 1.60. The van der Waals surface area contributed by atoms with E-state index in [1.165, 1.54) is 14.0 Å². The number of nitriles is 1. The van der Waals surface area contributed by atoms with Crippen LogP contribution in [0.3, 0.4) is 0 Å². The molecule has 2 amide bonds. The number of esters is 1. The molecule has 0 aromatic heterocycles. The number of hydrogen-bond donors (Lipinski definition) is 0.